The van der Waals surface area contributed by atoms with Gasteiger partial charge in [-0.3, -0.25) is 9.36 Å². The lowest BCUT2D eigenvalue weighted by atomic mass is 10.1. The molecule has 2 heterocycles. The quantitative estimate of drug-likeness (QED) is 0.703. The van der Waals surface area contributed by atoms with E-state index in [4.69, 9.17) is 9.47 Å². The highest BCUT2D eigenvalue weighted by Gasteiger charge is 2.10. The molecule has 0 aliphatic carbocycles. The number of hydrogen-bond acceptors (Lipinski definition) is 5. The summed E-state index contributed by atoms with van der Waals surface area (Å²) in [5, 5.41) is 1.80. The van der Waals surface area contributed by atoms with Gasteiger partial charge in [0.1, 0.15) is 4.70 Å². The summed E-state index contributed by atoms with van der Waals surface area (Å²) in [6.45, 7) is 5.24. The lowest BCUT2D eigenvalue weighted by Gasteiger charge is -2.12. The van der Waals surface area contributed by atoms with Crippen LogP contribution in [0.1, 0.15) is 19.4 Å². The van der Waals surface area contributed by atoms with E-state index in [1.165, 1.54) is 15.9 Å². The van der Waals surface area contributed by atoms with Crippen LogP contribution in [0.15, 0.2) is 39.2 Å². The van der Waals surface area contributed by atoms with Gasteiger partial charge in [0.15, 0.2) is 11.5 Å². The predicted molar refractivity (Wildman–Crippen MR) is 99.2 cm³/mol. The van der Waals surface area contributed by atoms with E-state index < -0.39 is 0 Å². The van der Waals surface area contributed by atoms with Gasteiger partial charge < -0.3 is 14.5 Å². The van der Waals surface area contributed by atoms with Crippen molar-refractivity contribution in [1.82, 2.24) is 9.55 Å². The van der Waals surface area contributed by atoms with Crippen LogP contribution >= 0.6 is 11.3 Å². The van der Waals surface area contributed by atoms with Gasteiger partial charge in [-0.1, -0.05) is 6.07 Å². The number of hydrogen-bond donors (Lipinski definition) is 1. The van der Waals surface area contributed by atoms with Crippen LogP contribution in [-0.4, -0.2) is 22.8 Å². The van der Waals surface area contributed by atoms with Crippen LogP contribution < -0.4 is 20.7 Å². The molecule has 0 fully saturated rings. The molecule has 6 nitrogen and oxygen atoms in total. The summed E-state index contributed by atoms with van der Waals surface area (Å²) in [4.78, 5) is 27.3. The Hall–Kier alpha value is -2.54. The molecule has 132 valence electrons. The summed E-state index contributed by atoms with van der Waals surface area (Å²) in [7, 11) is 0. The van der Waals surface area contributed by atoms with Gasteiger partial charge in [0.2, 0.25) is 0 Å². The Bertz CT molecular complexity index is 987. The van der Waals surface area contributed by atoms with Gasteiger partial charge in [-0.25, -0.2) is 4.79 Å². The maximum absolute atomic E-state index is 12.4. The Balaban J connectivity index is 1.85. The molecule has 0 bridgehead atoms. The van der Waals surface area contributed by atoms with Gasteiger partial charge in [-0.05, 0) is 49.4 Å². The second-order valence-electron chi connectivity index (χ2n) is 5.45. The molecular weight excluding hydrogens is 340 g/mol. The van der Waals surface area contributed by atoms with E-state index in [1.54, 1.807) is 11.4 Å². The van der Waals surface area contributed by atoms with E-state index in [0.717, 1.165) is 5.56 Å². The number of thiophene rings is 1. The molecule has 0 saturated heterocycles. The van der Waals surface area contributed by atoms with Crippen LogP contribution in [-0.2, 0) is 13.0 Å². The molecule has 0 saturated carbocycles. The molecule has 3 rings (SSSR count). The van der Waals surface area contributed by atoms with Gasteiger partial charge in [-0.2, -0.15) is 0 Å². The van der Waals surface area contributed by atoms with Crippen molar-refractivity contribution in [2.75, 3.05) is 13.2 Å². The highest BCUT2D eigenvalue weighted by molar-refractivity contribution is 7.17. The van der Waals surface area contributed by atoms with Crippen LogP contribution in [0.2, 0.25) is 0 Å². The Labute approximate surface area is 148 Å². The monoisotopic (exact) mass is 360 g/mol. The minimum atomic E-state index is -0.383. The Morgan fingerprint density at radius 1 is 1.08 bits per heavy atom. The maximum atomic E-state index is 12.4. The molecule has 0 radical (unpaired) electrons. The largest absolute Gasteiger partial charge is 0.490 e. The van der Waals surface area contributed by atoms with Crippen molar-refractivity contribution in [3.8, 4) is 11.5 Å². The summed E-state index contributed by atoms with van der Waals surface area (Å²) >= 11 is 1.33. The Kier molecular flexibility index (Phi) is 5.23. The number of aromatic nitrogens is 2. The molecule has 1 aromatic carbocycles. The molecule has 1 N–H and O–H groups in total. The van der Waals surface area contributed by atoms with Gasteiger partial charge in [-0.15, -0.1) is 11.3 Å². The number of ether oxygens (including phenoxy) is 2. The molecule has 0 aliphatic rings. The number of H-pyrrole nitrogens is 1. The molecule has 25 heavy (non-hydrogen) atoms. The van der Waals surface area contributed by atoms with Crippen molar-refractivity contribution >= 4 is 21.6 Å². The van der Waals surface area contributed by atoms with E-state index in [1.807, 2.05) is 32.0 Å². The van der Waals surface area contributed by atoms with Crippen molar-refractivity contribution in [2.45, 2.75) is 26.8 Å². The zero-order valence-corrected chi connectivity index (χ0v) is 15.0. The first-order valence-corrected chi connectivity index (χ1v) is 9.10. The highest BCUT2D eigenvalue weighted by Crippen LogP contribution is 2.28. The number of nitrogens with one attached hydrogen (secondary N) is 1. The molecular formula is C18H20N2O4S. The third kappa shape index (κ3) is 3.61. The summed E-state index contributed by atoms with van der Waals surface area (Å²) < 4.78 is 13.0. The summed E-state index contributed by atoms with van der Waals surface area (Å²) in [5.41, 5.74) is 0.942. The first-order chi connectivity index (χ1) is 12.1. The number of benzene rings is 1. The molecule has 7 heteroatoms. The van der Waals surface area contributed by atoms with E-state index in [9.17, 15) is 9.59 Å². The Morgan fingerprint density at radius 2 is 1.84 bits per heavy atom. The van der Waals surface area contributed by atoms with Crippen LogP contribution in [0.25, 0.3) is 10.2 Å². The second kappa shape index (κ2) is 7.57. The third-order valence-electron chi connectivity index (χ3n) is 3.82. The lowest BCUT2D eigenvalue weighted by molar-refractivity contribution is 0.287. The average molecular weight is 360 g/mol. The van der Waals surface area contributed by atoms with Crippen molar-refractivity contribution in [2.24, 2.45) is 0 Å². The maximum Gasteiger partial charge on any atom is 0.328 e. The number of aryl methyl sites for hydroxylation is 1. The highest BCUT2D eigenvalue weighted by atomic mass is 32.1. The SMILES string of the molecule is CCOc1ccc(CCn2c(=O)[nH]c3ccsc3c2=O)cc1OCC. The summed E-state index contributed by atoms with van der Waals surface area (Å²) in [5.74, 6) is 1.37. The van der Waals surface area contributed by atoms with Crippen LogP contribution in [0, 0.1) is 0 Å². The molecule has 0 amide bonds. The van der Waals surface area contributed by atoms with Gasteiger partial charge in [0.25, 0.3) is 5.56 Å². The topological polar surface area (TPSA) is 73.3 Å². The lowest BCUT2D eigenvalue weighted by Crippen LogP contribution is -2.35. The van der Waals surface area contributed by atoms with Crippen molar-refractivity contribution in [3.63, 3.8) is 0 Å². The van der Waals surface area contributed by atoms with Crippen molar-refractivity contribution in [3.05, 3.63) is 56.0 Å². The van der Waals surface area contributed by atoms with E-state index in [-0.39, 0.29) is 11.2 Å². The minimum Gasteiger partial charge on any atom is -0.490 e. The molecule has 0 aliphatic heterocycles. The number of fused-ring (bicyclic) bond motifs is 1. The van der Waals surface area contributed by atoms with Crippen LogP contribution in [0.5, 0.6) is 11.5 Å². The number of nitrogens with zero attached hydrogens (tertiary/aromatic N) is 1. The smallest absolute Gasteiger partial charge is 0.328 e. The van der Waals surface area contributed by atoms with Gasteiger partial charge in [0, 0.05) is 6.54 Å². The second-order valence-corrected chi connectivity index (χ2v) is 6.36. The molecule has 3 aromatic rings. The van der Waals surface area contributed by atoms with E-state index in [0.29, 0.717) is 47.9 Å². The summed E-state index contributed by atoms with van der Waals surface area (Å²) in [6.07, 6.45) is 0.548. The first kappa shape index (κ1) is 17.3. The zero-order valence-electron chi connectivity index (χ0n) is 14.2. The minimum absolute atomic E-state index is 0.246. The zero-order chi connectivity index (χ0) is 17.8. The normalized spacial score (nSPS) is 11.0. The molecule has 0 unspecified atom stereocenters. The Morgan fingerprint density at radius 3 is 2.60 bits per heavy atom. The fraction of sp³-hybridized carbons (Fsp3) is 0.333. The van der Waals surface area contributed by atoms with Crippen LogP contribution in [0.3, 0.4) is 0 Å². The fourth-order valence-electron chi connectivity index (χ4n) is 2.67. The average Bonchev–Trinajstić information content (AvgIpc) is 3.05. The number of aromatic amines is 1. The van der Waals surface area contributed by atoms with Crippen molar-refractivity contribution < 1.29 is 9.47 Å². The molecule has 2 aromatic heterocycles. The molecule has 0 atom stereocenters. The standard InChI is InChI=1S/C18H20N2O4S/c1-3-23-14-6-5-12(11-15(14)24-4-2)7-9-20-17(21)16-13(8-10-25-16)19-18(20)22/h5-6,8,10-11H,3-4,7,9H2,1-2H3,(H,19,22). The van der Waals surface area contributed by atoms with Gasteiger partial charge in [0.05, 0.1) is 18.7 Å². The van der Waals surface area contributed by atoms with E-state index in [2.05, 4.69) is 4.98 Å². The van der Waals surface area contributed by atoms with Crippen LogP contribution in [0.4, 0.5) is 0 Å². The first-order valence-electron chi connectivity index (χ1n) is 8.22. The molecule has 0 spiro atoms. The van der Waals surface area contributed by atoms with Gasteiger partial charge >= 0.3 is 5.69 Å². The van der Waals surface area contributed by atoms with Crippen molar-refractivity contribution in [1.29, 1.82) is 0 Å². The predicted octanol–water partition coefficient (Wildman–Crippen LogP) is 2.79. The number of rotatable bonds is 7. The fourth-order valence-corrected chi connectivity index (χ4v) is 3.46. The third-order valence-corrected chi connectivity index (χ3v) is 4.73. The van der Waals surface area contributed by atoms with E-state index >= 15 is 0 Å². The summed E-state index contributed by atoms with van der Waals surface area (Å²) in [6, 6.07) is 7.43.